The first-order valence-corrected chi connectivity index (χ1v) is 7.93. The summed E-state index contributed by atoms with van der Waals surface area (Å²) in [6, 6.07) is 11.9. The molecule has 0 saturated carbocycles. The molecule has 2 aromatic carbocycles. The number of carbonyl (C=O) groups is 1. The molecule has 110 valence electrons. The van der Waals surface area contributed by atoms with E-state index in [1.165, 1.54) is 11.3 Å². The van der Waals surface area contributed by atoms with Gasteiger partial charge in [-0.1, -0.05) is 35.3 Å². The number of aromatic nitrogens is 1. The highest BCUT2D eigenvalue weighted by molar-refractivity contribution is 7.13. The van der Waals surface area contributed by atoms with Gasteiger partial charge in [-0.05, 0) is 30.3 Å². The number of halogens is 2. The second-order valence-corrected chi connectivity index (χ2v) is 6.25. The molecule has 1 aromatic heterocycles. The van der Waals surface area contributed by atoms with Crippen LogP contribution in [0.1, 0.15) is 10.4 Å². The van der Waals surface area contributed by atoms with Crippen molar-refractivity contribution in [2.45, 2.75) is 0 Å². The molecule has 3 rings (SSSR count). The number of carboxylic acids is 1. The van der Waals surface area contributed by atoms with Crippen LogP contribution in [0, 0.1) is 0 Å². The average molecular weight is 350 g/mol. The SMILES string of the molecule is O=C(O)c1cccc(-c2nc(-c3ccc(Cl)cc3Cl)cs2)c1. The first-order valence-electron chi connectivity index (χ1n) is 6.29. The summed E-state index contributed by atoms with van der Waals surface area (Å²) in [5, 5.41) is 12.8. The van der Waals surface area contributed by atoms with E-state index in [1.54, 1.807) is 30.3 Å². The van der Waals surface area contributed by atoms with E-state index >= 15 is 0 Å². The molecule has 1 heterocycles. The van der Waals surface area contributed by atoms with Crippen LogP contribution >= 0.6 is 34.5 Å². The highest BCUT2D eigenvalue weighted by Gasteiger charge is 2.11. The van der Waals surface area contributed by atoms with Gasteiger partial charge in [0.15, 0.2) is 0 Å². The Balaban J connectivity index is 2.00. The maximum absolute atomic E-state index is 11.0. The van der Waals surface area contributed by atoms with Gasteiger partial charge in [0.25, 0.3) is 0 Å². The van der Waals surface area contributed by atoms with Crippen LogP contribution in [0.15, 0.2) is 47.8 Å². The minimum atomic E-state index is -0.959. The Morgan fingerprint density at radius 1 is 1.14 bits per heavy atom. The van der Waals surface area contributed by atoms with Gasteiger partial charge in [-0.2, -0.15) is 0 Å². The lowest BCUT2D eigenvalue weighted by Crippen LogP contribution is -1.95. The third kappa shape index (κ3) is 2.99. The van der Waals surface area contributed by atoms with Crippen molar-refractivity contribution in [1.82, 2.24) is 4.98 Å². The fourth-order valence-electron chi connectivity index (χ4n) is 2.01. The van der Waals surface area contributed by atoms with Crippen molar-refractivity contribution in [1.29, 1.82) is 0 Å². The average Bonchev–Trinajstić information content (AvgIpc) is 2.97. The number of hydrogen-bond acceptors (Lipinski definition) is 3. The van der Waals surface area contributed by atoms with Crippen LogP contribution in [0.3, 0.4) is 0 Å². The van der Waals surface area contributed by atoms with Crippen LogP contribution in [0.5, 0.6) is 0 Å². The lowest BCUT2D eigenvalue weighted by Gasteiger charge is -2.01. The lowest BCUT2D eigenvalue weighted by molar-refractivity contribution is 0.0697. The van der Waals surface area contributed by atoms with E-state index in [9.17, 15) is 4.79 Å². The number of benzene rings is 2. The van der Waals surface area contributed by atoms with Crippen molar-refractivity contribution in [2.75, 3.05) is 0 Å². The molecule has 0 aliphatic rings. The van der Waals surface area contributed by atoms with Crippen molar-refractivity contribution in [3.8, 4) is 21.8 Å². The third-order valence-corrected chi connectivity index (χ3v) is 4.51. The molecule has 6 heteroatoms. The zero-order valence-corrected chi connectivity index (χ0v) is 13.4. The Kier molecular flexibility index (Phi) is 4.16. The molecule has 0 atom stereocenters. The molecule has 0 spiro atoms. The van der Waals surface area contributed by atoms with Crippen LogP contribution in [0.25, 0.3) is 21.8 Å². The maximum atomic E-state index is 11.0. The predicted octanol–water partition coefficient (Wildman–Crippen LogP) is 5.48. The van der Waals surface area contributed by atoms with Gasteiger partial charge in [0.1, 0.15) is 5.01 Å². The molecule has 0 radical (unpaired) electrons. The molecular formula is C16H9Cl2NO2S. The van der Waals surface area contributed by atoms with Gasteiger partial charge < -0.3 is 5.11 Å². The van der Waals surface area contributed by atoms with Crippen LogP contribution < -0.4 is 0 Å². The largest absolute Gasteiger partial charge is 0.478 e. The Labute approximate surface area is 140 Å². The first kappa shape index (κ1) is 15.0. The minimum absolute atomic E-state index is 0.235. The zero-order valence-electron chi connectivity index (χ0n) is 11.1. The summed E-state index contributed by atoms with van der Waals surface area (Å²) in [7, 11) is 0. The third-order valence-electron chi connectivity index (χ3n) is 3.07. The van der Waals surface area contributed by atoms with E-state index in [-0.39, 0.29) is 5.56 Å². The van der Waals surface area contributed by atoms with Crippen molar-refractivity contribution in [2.24, 2.45) is 0 Å². The monoisotopic (exact) mass is 349 g/mol. The number of hydrogen-bond donors (Lipinski definition) is 1. The highest BCUT2D eigenvalue weighted by Crippen LogP contribution is 2.34. The Hall–Kier alpha value is -1.88. The van der Waals surface area contributed by atoms with E-state index in [2.05, 4.69) is 4.98 Å². The molecule has 0 aliphatic carbocycles. The number of carboxylic acid groups (broad SMARTS) is 1. The van der Waals surface area contributed by atoms with Crippen LogP contribution in [0.2, 0.25) is 10.0 Å². The van der Waals surface area contributed by atoms with Crippen LogP contribution in [-0.2, 0) is 0 Å². The summed E-state index contributed by atoms with van der Waals surface area (Å²) < 4.78 is 0. The van der Waals surface area contributed by atoms with Gasteiger partial charge in [0, 0.05) is 21.5 Å². The molecule has 0 unspecified atom stereocenters. The number of rotatable bonds is 3. The molecular weight excluding hydrogens is 341 g/mol. The summed E-state index contributed by atoms with van der Waals surface area (Å²) >= 11 is 13.5. The molecule has 3 aromatic rings. The van der Waals surface area contributed by atoms with Crippen molar-refractivity contribution < 1.29 is 9.90 Å². The predicted molar refractivity (Wildman–Crippen MR) is 90.0 cm³/mol. The number of aromatic carboxylic acids is 1. The molecule has 22 heavy (non-hydrogen) atoms. The molecule has 0 saturated heterocycles. The molecule has 3 nitrogen and oxygen atoms in total. The van der Waals surface area contributed by atoms with Gasteiger partial charge in [-0.15, -0.1) is 11.3 Å². The van der Waals surface area contributed by atoms with E-state index < -0.39 is 5.97 Å². The van der Waals surface area contributed by atoms with Crippen LogP contribution in [-0.4, -0.2) is 16.1 Å². The standard InChI is InChI=1S/C16H9Cl2NO2S/c17-11-4-5-12(13(18)7-11)14-8-22-15(19-14)9-2-1-3-10(6-9)16(20)21/h1-8H,(H,20,21). The topological polar surface area (TPSA) is 50.2 Å². The molecule has 0 aliphatic heterocycles. The second-order valence-electron chi connectivity index (χ2n) is 4.55. The minimum Gasteiger partial charge on any atom is -0.478 e. The first-order chi connectivity index (χ1) is 10.5. The molecule has 0 amide bonds. The normalized spacial score (nSPS) is 10.6. The Morgan fingerprint density at radius 3 is 2.68 bits per heavy atom. The highest BCUT2D eigenvalue weighted by atomic mass is 35.5. The molecule has 0 fully saturated rings. The fourth-order valence-corrected chi connectivity index (χ4v) is 3.33. The van der Waals surface area contributed by atoms with Crippen molar-refractivity contribution in [3.05, 3.63) is 63.5 Å². The summed E-state index contributed by atoms with van der Waals surface area (Å²) in [6.07, 6.45) is 0. The number of nitrogens with zero attached hydrogens (tertiary/aromatic N) is 1. The summed E-state index contributed by atoms with van der Waals surface area (Å²) in [5.74, 6) is -0.959. The lowest BCUT2D eigenvalue weighted by atomic mass is 10.1. The van der Waals surface area contributed by atoms with Crippen molar-refractivity contribution >= 4 is 40.5 Å². The fraction of sp³-hybridized carbons (Fsp3) is 0. The molecule has 1 N–H and O–H groups in total. The van der Waals surface area contributed by atoms with Gasteiger partial charge in [-0.3, -0.25) is 0 Å². The van der Waals surface area contributed by atoms with E-state index in [1.807, 2.05) is 17.5 Å². The van der Waals surface area contributed by atoms with Crippen molar-refractivity contribution in [3.63, 3.8) is 0 Å². The van der Waals surface area contributed by atoms with E-state index in [0.29, 0.717) is 10.0 Å². The van der Waals surface area contributed by atoms with Crippen LogP contribution in [0.4, 0.5) is 0 Å². The zero-order chi connectivity index (χ0) is 15.7. The number of thiazole rings is 1. The smallest absolute Gasteiger partial charge is 0.335 e. The quantitative estimate of drug-likeness (QED) is 0.680. The summed E-state index contributed by atoms with van der Waals surface area (Å²) in [5.41, 5.74) is 2.53. The van der Waals surface area contributed by atoms with E-state index in [4.69, 9.17) is 28.3 Å². The molecule has 0 bridgehead atoms. The van der Waals surface area contributed by atoms with Gasteiger partial charge in [0.2, 0.25) is 0 Å². The summed E-state index contributed by atoms with van der Waals surface area (Å²) in [6.45, 7) is 0. The second kappa shape index (κ2) is 6.08. The van der Waals surface area contributed by atoms with E-state index in [0.717, 1.165) is 21.8 Å². The van der Waals surface area contributed by atoms with Gasteiger partial charge in [0.05, 0.1) is 16.3 Å². The Morgan fingerprint density at radius 2 is 1.95 bits per heavy atom. The van der Waals surface area contributed by atoms with Gasteiger partial charge in [-0.25, -0.2) is 9.78 Å². The Bertz CT molecular complexity index is 861. The summed E-state index contributed by atoms with van der Waals surface area (Å²) in [4.78, 5) is 15.6. The van der Waals surface area contributed by atoms with Gasteiger partial charge >= 0.3 is 5.97 Å². The maximum Gasteiger partial charge on any atom is 0.335 e.